The van der Waals surface area contributed by atoms with Crippen molar-refractivity contribution < 1.29 is 19.8 Å². The Morgan fingerprint density at radius 2 is 1.83 bits per heavy atom. The molecule has 1 atom stereocenters. The first-order valence-corrected chi connectivity index (χ1v) is 4.54. The number of halogens is 1. The van der Waals surface area contributed by atoms with Gasteiger partial charge in [-0.2, -0.15) is 0 Å². The van der Waals surface area contributed by atoms with Crippen molar-refractivity contribution in [2.45, 2.75) is 30.5 Å². The minimum absolute atomic E-state index is 0.110. The van der Waals surface area contributed by atoms with E-state index in [0.29, 0.717) is 19.3 Å². The molecule has 0 saturated carbocycles. The minimum Gasteiger partial charge on any atom is -0.481 e. The lowest BCUT2D eigenvalue weighted by atomic mass is 10.1. The third-order valence-electron chi connectivity index (χ3n) is 1.37. The highest BCUT2D eigenvalue weighted by molar-refractivity contribution is 9.10. The van der Waals surface area contributed by atoms with Crippen LogP contribution in [-0.2, 0) is 9.59 Å². The highest BCUT2D eigenvalue weighted by Crippen LogP contribution is 2.10. The number of hydrogen-bond acceptors (Lipinski definition) is 2. The van der Waals surface area contributed by atoms with Gasteiger partial charge < -0.3 is 10.2 Å². The third kappa shape index (κ3) is 6.15. The Hall–Kier alpha value is -0.580. The summed E-state index contributed by atoms with van der Waals surface area (Å²) in [6.45, 7) is 0. The second kappa shape index (κ2) is 5.99. The van der Waals surface area contributed by atoms with Crippen molar-refractivity contribution in [3.8, 4) is 0 Å². The fraction of sp³-hybridized carbons (Fsp3) is 0.714. The maximum Gasteiger partial charge on any atom is 0.317 e. The molecule has 0 aromatic carbocycles. The summed E-state index contributed by atoms with van der Waals surface area (Å²) in [5.41, 5.74) is 0. The van der Waals surface area contributed by atoms with Crippen molar-refractivity contribution in [2.75, 3.05) is 0 Å². The number of carbonyl (C=O) groups is 2. The lowest BCUT2D eigenvalue weighted by Gasteiger charge is -2.01. The van der Waals surface area contributed by atoms with E-state index >= 15 is 0 Å². The van der Waals surface area contributed by atoms with Crippen molar-refractivity contribution in [1.29, 1.82) is 0 Å². The summed E-state index contributed by atoms with van der Waals surface area (Å²) in [4.78, 5) is 19.8. The number of carboxylic acids is 2. The molecule has 0 heterocycles. The van der Waals surface area contributed by atoms with Crippen LogP contribution in [0.5, 0.6) is 0 Å². The van der Waals surface area contributed by atoms with Crippen LogP contribution < -0.4 is 0 Å². The zero-order valence-electron chi connectivity index (χ0n) is 6.49. The Balaban J connectivity index is 3.31. The molecule has 0 spiro atoms. The Bertz CT molecular complexity index is 169. The zero-order valence-corrected chi connectivity index (χ0v) is 8.08. The highest BCUT2D eigenvalue weighted by atomic mass is 79.9. The Morgan fingerprint density at radius 3 is 2.25 bits per heavy atom. The number of carboxylic acid groups (broad SMARTS) is 2. The molecule has 2 N–H and O–H groups in total. The molecule has 4 nitrogen and oxygen atoms in total. The predicted octanol–water partition coefficient (Wildman–Crippen LogP) is 1.48. The molecule has 1 unspecified atom stereocenters. The molecule has 0 radical (unpaired) electrons. The maximum absolute atomic E-state index is 10.3. The molecule has 0 rings (SSSR count). The molecule has 0 aromatic heterocycles. The van der Waals surface area contributed by atoms with E-state index in [9.17, 15) is 9.59 Å². The van der Waals surface area contributed by atoms with Gasteiger partial charge in [-0.1, -0.05) is 22.4 Å². The summed E-state index contributed by atoms with van der Waals surface area (Å²) in [6, 6.07) is 0. The Kier molecular flexibility index (Phi) is 5.70. The molecule has 5 heteroatoms. The molecule has 12 heavy (non-hydrogen) atoms. The van der Waals surface area contributed by atoms with Crippen LogP contribution in [-0.4, -0.2) is 27.0 Å². The second-order valence-corrected chi connectivity index (χ2v) is 3.55. The molecule has 70 valence electrons. The zero-order chi connectivity index (χ0) is 9.56. The van der Waals surface area contributed by atoms with Gasteiger partial charge in [-0.25, -0.2) is 0 Å². The minimum atomic E-state index is -0.898. The number of hydrogen-bond donors (Lipinski definition) is 2. The average Bonchev–Trinajstić information content (AvgIpc) is 1.97. The Morgan fingerprint density at radius 1 is 1.25 bits per heavy atom. The number of alkyl halides is 1. The standard InChI is InChI=1S/C7H11BrO4/c8-5(7(11)12)3-1-2-4-6(9)10/h5H,1-4H2,(H,9,10)(H,11,12). The first-order chi connectivity index (χ1) is 5.54. The fourth-order valence-electron chi connectivity index (χ4n) is 0.723. The van der Waals surface area contributed by atoms with Crippen LogP contribution in [0.15, 0.2) is 0 Å². The molecule has 0 aliphatic rings. The van der Waals surface area contributed by atoms with E-state index < -0.39 is 16.8 Å². The monoisotopic (exact) mass is 238 g/mol. The Labute approximate surface area is 78.7 Å². The van der Waals surface area contributed by atoms with Gasteiger partial charge in [0.1, 0.15) is 4.83 Å². The SMILES string of the molecule is O=C(O)CCCCC(Br)C(=O)O. The lowest BCUT2D eigenvalue weighted by molar-refractivity contribution is -0.137. The molecule has 0 amide bonds. The van der Waals surface area contributed by atoms with Gasteiger partial charge in [0.2, 0.25) is 0 Å². The van der Waals surface area contributed by atoms with Gasteiger partial charge in [0, 0.05) is 6.42 Å². The van der Waals surface area contributed by atoms with Crippen LogP contribution in [0.4, 0.5) is 0 Å². The van der Waals surface area contributed by atoms with Crippen molar-refractivity contribution in [3.05, 3.63) is 0 Å². The van der Waals surface area contributed by atoms with E-state index in [1.165, 1.54) is 0 Å². The van der Waals surface area contributed by atoms with Crippen LogP contribution in [0.25, 0.3) is 0 Å². The first kappa shape index (κ1) is 11.4. The summed E-state index contributed by atoms with van der Waals surface area (Å²) in [6.07, 6.45) is 1.74. The molecule has 0 aliphatic heterocycles. The predicted molar refractivity (Wildman–Crippen MR) is 46.5 cm³/mol. The number of aliphatic carboxylic acids is 2. The molecule has 0 aliphatic carbocycles. The van der Waals surface area contributed by atoms with Gasteiger partial charge in [0.15, 0.2) is 0 Å². The van der Waals surface area contributed by atoms with E-state index in [1.807, 2.05) is 0 Å². The van der Waals surface area contributed by atoms with Crippen LogP contribution in [0, 0.1) is 0 Å². The van der Waals surface area contributed by atoms with E-state index in [0.717, 1.165) is 0 Å². The summed E-state index contributed by atoms with van der Waals surface area (Å²) in [7, 11) is 0. The number of unbranched alkanes of at least 4 members (excludes halogenated alkanes) is 1. The molecule has 0 bridgehead atoms. The summed E-state index contributed by atoms with van der Waals surface area (Å²) in [5.74, 6) is -1.73. The summed E-state index contributed by atoms with van der Waals surface area (Å²) < 4.78 is 0. The lowest BCUT2D eigenvalue weighted by Crippen LogP contribution is -2.12. The molecule has 0 fully saturated rings. The van der Waals surface area contributed by atoms with Crippen molar-refractivity contribution in [3.63, 3.8) is 0 Å². The van der Waals surface area contributed by atoms with Gasteiger partial charge in [0.05, 0.1) is 0 Å². The largest absolute Gasteiger partial charge is 0.481 e. The number of rotatable bonds is 6. The first-order valence-electron chi connectivity index (χ1n) is 3.62. The topological polar surface area (TPSA) is 74.6 Å². The fourth-order valence-corrected chi connectivity index (χ4v) is 1.05. The molecular weight excluding hydrogens is 228 g/mol. The van der Waals surface area contributed by atoms with Crippen molar-refractivity contribution in [2.24, 2.45) is 0 Å². The van der Waals surface area contributed by atoms with Crippen molar-refractivity contribution in [1.82, 2.24) is 0 Å². The smallest absolute Gasteiger partial charge is 0.317 e. The molecule has 0 saturated heterocycles. The van der Waals surface area contributed by atoms with E-state index in [-0.39, 0.29) is 6.42 Å². The summed E-state index contributed by atoms with van der Waals surface area (Å²) >= 11 is 2.96. The van der Waals surface area contributed by atoms with Crippen LogP contribution in [0.3, 0.4) is 0 Å². The van der Waals surface area contributed by atoms with E-state index in [2.05, 4.69) is 15.9 Å². The summed E-state index contributed by atoms with van der Waals surface area (Å²) in [5, 5.41) is 16.7. The van der Waals surface area contributed by atoms with Gasteiger partial charge in [-0.3, -0.25) is 9.59 Å². The van der Waals surface area contributed by atoms with Crippen molar-refractivity contribution >= 4 is 27.9 Å². The molecule has 0 aromatic rings. The van der Waals surface area contributed by atoms with Crippen LogP contribution in [0.2, 0.25) is 0 Å². The third-order valence-corrected chi connectivity index (χ3v) is 2.22. The second-order valence-electron chi connectivity index (χ2n) is 2.45. The van der Waals surface area contributed by atoms with Crippen LogP contribution in [0.1, 0.15) is 25.7 Å². The molecular formula is C7H11BrO4. The van der Waals surface area contributed by atoms with E-state index in [1.54, 1.807) is 0 Å². The highest BCUT2D eigenvalue weighted by Gasteiger charge is 2.11. The van der Waals surface area contributed by atoms with Gasteiger partial charge in [-0.15, -0.1) is 0 Å². The quantitative estimate of drug-likeness (QED) is 0.543. The van der Waals surface area contributed by atoms with Crippen LogP contribution >= 0.6 is 15.9 Å². The van der Waals surface area contributed by atoms with Gasteiger partial charge in [-0.05, 0) is 12.8 Å². The maximum atomic E-state index is 10.3. The van der Waals surface area contributed by atoms with E-state index in [4.69, 9.17) is 10.2 Å². The normalized spacial score (nSPS) is 12.4. The van der Waals surface area contributed by atoms with Gasteiger partial charge in [0.25, 0.3) is 0 Å². The van der Waals surface area contributed by atoms with Gasteiger partial charge >= 0.3 is 11.9 Å². The average molecular weight is 239 g/mol.